The van der Waals surface area contributed by atoms with Gasteiger partial charge in [-0.3, -0.25) is 0 Å². The molecule has 0 saturated heterocycles. The number of pyridine rings is 1. The van der Waals surface area contributed by atoms with E-state index in [0.717, 1.165) is 5.82 Å². The Labute approximate surface area is 127 Å². The molecule has 1 heterocycles. The van der Waals surface area contributed by atoms with Crippen molar-refractivity contribution < 1.29 is 0 Å². The smallest absolute Gasteiger partial charge is 0.126 e. The van der Waals surface area contributed by atoms with Gasteiger partial charge in [0, 0.05) is 12.2 Å². The maximum Gasteiger partial charge on any atom is 0.126 e. The van der Waals surface area contributed by atoms with Crippen molar-refractivity contribution in [3.63, 3.8) is 0 Å². The van der Waals surface area contributed by atoms with Crippen molar-refractivity contribution in [3.05, 3.63) is 61.4 Å². The highest BCUT2D eigenvalue weighted by Gasteiger charge is 2.12. The molecule has 0 radical (unpaired) electrons. The molecule has 0 aliphatic heterocycles. The van der Waals surface area contributed by atoms with Crippen LogP contribution in [0.1, 0.15) is 37.7 Å². The number of nitrogens with one attached hydrogen (secondary N) is 1. The third kappa shape index (κ3) is 7.12. The van der Waals surface area contributed by atoms with Gasteiger partial charge >= 0.3 is 0 Å². The first-order valence-corrected chi connectivity index (χ1v) is 7.33. The average molecular weight is 281 g/mol. The van der Waals surface area contributed by atoms with Crippen LogP contribution in [0.15, 0.2) is 55.8 Å². The van der Waals surface area contributed by atoms with E-state index < -0.39 is 0 Å². The number of aromatic nitrogens is 1. The van der Waals surface area contributed by atoms with E-state index in [1.165, 1.54) is 32.1 Å². The lowest BCUT2D eigenvalue weighted by atomic mass is 9.95. The summed E-state index contributed by atoms with van der Waals surface area (Å²) in [5, 5.41) is 12.1. The molecule has 2 rings (SSSR count). The second kappa shape index (κ2) is 10.4. The maximum atomic E-state index is 8.64. The van der Waals surface area contributed by atoms with Crippen molar-refractivity contribution >= 4 is 5.82 Å². The Morgan fingerprint density at radius 3 is 2.29 bits per heavy atom. The van der Waals surface area contributed by atoms with Crippen LogP contribution < -0.4 is 5.32 Å². The van der Waals surface area contributed by atoms with Crippen LogP contribution >= 0.6 is 0 Å². The van der Waals surface area contributed by atoms with E-state index in [0.29, 0.717) is 11.6 Å². The van der Waals surface area contributed by atoms with E-state index in [1.54, 1.807) is 24.4 Å². The van der Waals surface area contributed by atoms with Crippen molar-refractivity contribution in [3.8, 4) is 6.07 Å². The molecule has 1 aromatic rings. The van der Waals surface area contributed by atoms with Gasteiger partial charge in [-0.15, -0.1) is 0 Å². The summed E-state index contributed by atoms with van der Waals surface area (Å²) < 4.78 is 0. The first kappa shape index (κ1) is 16.7. The topological polar surface area (TPSA) is 48.7 Å². The molecule has 0 atom stereocenters. The predicted molar refractivity (Wildman–Crippen MR) is 89.0 cm³/mol. The minimum absolute atomic E-state index is 0.569. The molecule has 1 N–H and O–H groups in total. The second-order valence-electron chi connectivity index (χ2n) is 4.88. The highest BCUT2D eigenvalue weighted by molar-refractivity contribution is 5.39. The fourth-order valence-corrected chi connectivity index (χ4v) is 2.16. The molecule has 3 heteroatoms. The van der Waals surface area contributed by atoms with Gasteiger partial charge in [0.25, 0.3) is 0 Å². The van der Waals surface area contributed by atoms with Crippen LogP contribution in [-0.4, -0.2) is 11.0 Å². The summed E-state index contributed by atoms with van der Waals surface area (Å²) >= 11 is 0. The summed E-state index contributed by atoms with van der Waals surface area (Å²) in [6.07, 6.45) is 15.2. The van der Waals surface area contributed by atoms with Gasteiger partial charge in [0.05, 0.1) is 5.56 Å². The van der Waals surface area contributed by atoms with E-state index in [-0.39, 0.29) is 0 Å². The van der Waals surface area contributed by atoms with Gasteiger partial charge in [-0.1, -0.05) is 56.7 Å². The van der Waals surface area contributed by atoms with Gasteiger partial charge in [-0.25, -0.2) is 4.98 Å². The molecule has 1 saturated carbocycles. The van der Waals surface area contributed by atoms with Crippen molar-refractivity contribution in [2.45, 2.75) is 38.1 Å². The molecule has 1 aliphatic rings. The lowest BCUT2D eigenvalue weighted by Crippen LogP contribution is -2.22. The second-order valence-corrected chi connectivity index (χ2v) is 4.88. The lowest BCUT2D eigenvalue weighted by Gasteiger charge is -2.23. The van der Waals surface area contributed by atoms with Crippen LogP contribution in [0, 0.1) is 11.3 Å². The number of anilines is 1. The summed E-state index contributed by atoms with van der Waals surface area (Å²) in [5.41, 5.74) is 0.615. The SMILES string of the molecule is C=C/C=C\C=C.N#Cc1ccc(NC2CCCCC2)nc1. The normalized spacial score (nSPS) is 14.6. The van der Waals surface area contributed by atoms with E-state index in [1.807, 2.05) is 18.2 Å². The zero-order valence-corrected chi connectivity index (χ0v) is 12.5. The molecule has 1 aliphatic carbocycles. The number of rotatable bonds is 4. The molecule has 1 fully saturated rings. The van der Waals surface area contributed by atoms with Crippen LogP contribution in [0.3, 0.4) is 0 Å². The lowest BCUT2D eigenvalue weighted by molar-refractivity contribution is 0.462. The molecule has 3 nitrogen and oxygen atoms in total. The number of nitriles is 1. The minimum Gasteiger partial charge on any atom is -0.367 e. The molecule has 0 bridgehead atoms. The number of nitrogens with zero attached hydrogens (tertiary/aromatic N) is 2. The summed E-state index contributed by atoms with van der Waals surface area (Å²) in [6, 6.07) is 6.32. The van der Waals surface area contributed by atoms with Crippen LogP contribution in [0.2, 0.25) is 0 Å². The Balaban J connectivity index is 0.000000315. The largest absolute Gasteiger partial charge is 0.367 e. The molecule has 0 aromatic carbocycles. The Hall–Kier alpha value is -2.34. The summed E-state index contributed by atoms with van der Waals surface area (Å²) in [6.45, 7) is 6.93. The van der Waals surface area contributed by atoms with Gasteiger partial charge < -0.3 is 5.32 Å². The van der Waals surface area contributed by atoms with Crippen molar-refractivity contribution in [2.24, 2.45) is 0 Å². The molecule has 110 valence electrons. The first-order valence-electron chi connectivity index (χ1n) is 7.33. The van der Waals surface area contributed by atoms with E-state index in [9.17, 15) is 0 Å². The van der Waals surface area contributed by atoms with Gasteiger partial charge in [-0.05, 0) is 25.0 Å². The number of hydrogen-bond acceptors (Lipinski definition) is 3. The van der Waals surface area contributed by atoms with Crippen molar-refractivity contribution in [2.75, 3.05) is 5.32 Å². The van der Waals surface area contributed by atoms with Gasteiger partial charge in [0.15, 0.2) is 0 Å². The molecular weight excluding hydrogens is 258 g/mol. The highest BCUT2D eigenvalue weighted by atomic mass is 15.0. The van der Waals surface area contributed by atoms with E-state index >= 15 is 0 Å². The number of hydrogen-bond donors (Lipinski definition) is 1. The van der Waals surface area contributed by atoms with Crippen molar-refractivity contribution in [1.29, 1.82) is 5.26 Å². The predicted octanol–water partition coefficient (Wildman–Crippen LogP) is 4.61. The van der Waals surface area contributed by atoms with Gasteiger partial charge in [0.2, 0.25) is 0 Å². The Bertz CT molecular complexity index is 478. The van der Waals surface area contributed by atoms with E-state index in [4.69, 9.17) is 5.26 Å². The monoisotopic (exact) mass is 281 g/mol. The minimum atomic E-state index is 0.569. The fraction of sp³-hybridized carbons (Fsp3) is 0.333. The standard InChI is InChI=1S/C12H15N3.C6H8/c13-8-10-6-7-12(14-9-10)15-11-4-2-1-3-5-11;1-3-5-6-4-2/h6-7,9,11H,1-5H2,(H,14,15);3-6H,1-2H2/b;6-5-. The third-order valence-electron chi connectivity index (χ3n) is 3.23. The summed E-state index contributed by atoms with van der Waals surface area (Å²) in [7, 11) is 0. The Kier molecular flexibility index (Phi) is 8.32. The molecule has 1 aromatic heterocycles. The third-order valence-corrected chi connectivity index (χ3v) is 3.23. The fourth-order valence-electron chi connectivity index (χ4n) is 2.16. The van der Waals surface area contributed by atoms with Gasteiger partial charge in [0.1, 0.15) is 11.9 Å². The molecule has 0 amide bonds. The van der Waals surface area contributed by atoms with Crippen LogP contribution in [0.25, 0.3) is 0 Å². The zero-order chi connectivity index (χ0) is 15.3. The average Bonchev–Trinajstić information content (AvgIpc) is 2.55. The summed E-state index contributed by atoms with van der Waals surface area (Å²) in [4.78, 5) is 4.21. The maximum absolute atomic E-state index is 8.64. The van der Waals surface area contributed by atoms with E-state index in [2.05, 4.69) is 29.5 Å². The molecular formula is C18H23N3. The quantitative estimate of drug-likeness (QED) is 0.820. The molecule has 21 heavy (non-hydrogen) atoms. The zero-order valence-electron chi connectivity index (χ0n) is 12.5. The first-order chi connectivity index (χ1) is 10.3. The van der Waals surface area contributed by atoms with Crippen LogP contribution in [-0.2, 0) is 0 Å². The molecule has 0 unspecified atom stereocenters. The Morgan fingerprint density at radius 2 is 1.81 bits per heavy atom. The highest BCUT2D eigenvalue weighted by Crippen LogP contribution is 2.20. The summed E-state index contributed by atoms with van der Waals surface area (Å²) in [5.74, 6) is 0.890. The van der Waals surface area contributed by atoms with Gasteiger partial charge in [-0.2, -0.15) is 5.26 Å². The molecule has 0 spiro atoms. The van der Waals surface area contributed by atoms with Crippen molar-refractivity contribution in [1.82, 2.24) is 4.98 Å². The Morgan fingerprint density at radius 1 is 1.14 bits per heavy atom. The number of allylic oxidation sites excluding steroid dienone is 4. The van der Waals surface area contributed by atoms with Crippen LogP contribution in [0.4, 0.5) is 5.82 Å². The van der Waals surface area contributed by atoms with Crippen LogP contribution in [0.5, 0.6) is 0 Å².